The zero-order valence-electron chi connectivity index (χ0n) is 24.8. The fourth-order valence-corrected chi connectivity index (χ4v) is 4.13. The molecule has 0 fully saturated rings. The summed E-state index contributed by atoms with van der Waals surface area (Å²) in [5.41, 5.74) is 3.41. The van der Waals surface area contributed by atoms with Gasteiger partial charge in [0.1, 0.15) is 5.75 Å². The standard InChI is InChI=1S/C33H33N9O4/c43-28-12-10-27(11-13-28)39-33-41-31(36-19-21-46-20-18-35-29(44)25-14-16-34-17-15-25)40-32(42-33)38-26-8-6-24(7-9-26)30(45)37-22-23-4-2-1-3-5-23/h1-17,43H,18-22H2,(H,35,44)(H,37,45)(H3,36,38,39,40,41,42). The number of phenolic OH excluding ortho intramolecular Hbond substituents is 1. The van der Waals surface area contributed by atoms with E-state index in [0.717, 1.165) is 5.56 Å². The van der Waals surface area contributed by atoms with Crippen LogP contribution in [0.25, 0.3) is 0 Å². The highest BCUT2D eigenvalue weighted by molar-refractivity contribution is 5.94. The first kappa shape index (κ1) is 31.3. The maximum atomic E-state index is 12.6. The minimum absolute atomic E-state index is 0.139. The number of ether oxygens (including phenoxy) is 1. The van der Waals surface area contributed by atoms with Gasteiger partial charge < -0.3 is 36.4 Å². The lowest BCUT2D eigenvalue weighted by Crippen LogP contribution is -2.27. The molecule has 5 rings (SSSR count). The Morgan fingerprint density at radius 3 is 1.87 bits per heavy atom. The lowest BCUT2D eigenvalue weighted by atomic mass is 10.2. The maximum absolute atomic E-state index is 12.6. The fourth-order valence-electron chi connectivity index (χ4n) is 4.13. The minimum atomic E-state index is -0.191. The monoisotopic (exact) mass is 619 g/mol. The summed E-state index contributed by atoms with van der Waals surface area (Å²) >= 11 is 0. The molecule has 0 atom stereocenters. The smallest absolute Gasteiger partial charge is 0.251 e. The number of benzene rings is 3. The van der Waals surface area contributed by atoms with E-state index in [-0.39, 0.29) is 29.5 Å². The van der Waals surface area contributed by atoms with Gasteiger partial charge in [0.15, 0.2) is 0 Å². The van der Waals surface area contributed by atoms with Crippen molar-refractivity contribution in [1.82, 2.24) is 30.6 Å². The fraction of sp³-hybridized carbons (Fsp3) is 0.152. The first-order chi connectivity index (χ1) is 22.5. The van der Waals surface area contributed by atoms with E-state index in [1.165, 1.54) is 0 Å². The van der Waals surface area contributed by atoms with E-state index in [1.807, 2.05) is 30.3 Å². The van der Waals surface area contributed by atoms with Crippen LogP contribution in [0.1, 0.15) is 26.3 Å². The van der Waals surface area contributed by atoms with Gasteiger partial charge in [0, 0.05) is 54.5 Å². The minimum Gasteiger partial charge on any atom is -0.508 e. The van der Waals surface area contributed by atoms with Gasteiger partial charge in [-0.1, -0.05) is 30.3 Å². The molecule has 13 heteroatoms. The summed E-state index contributed by atoms with van der Waals surface area (Å²) in [6, 6.07) is 26.5. The van der Waals surface area contributed by atoms with Crippen LogP contribution in [0.3, 0.4) is 0 Å². The van der Waals surface area contributed by atoms with Crippen LogP contribution in [0.2, 0.25) is 0 Å². The molecular formula is C33H33N9O4. The van der Waals surface area contributed by atoms with E-state index in [2.05, 4.69) is 46.5 Å². The van der Waals surface area contributed by atoms with E-state index in [9.17, 15) is 14.7 Å². The third-order valence-corrected chi connectivity index (χ3v) is 6.46. The molecule has 234 valence electrons. The Morgan fingerprint density at radius 1 is 0.630 bits per heavy atom. The van der Waals surface area contributed by atoms with Gasteiger partial charge in [-0.25, -0.2) is 0 Å². The molecule has 2 amide bonds. The Bertz CT molecular complexity index is 1710. The van der Waals surface area contributed by atoms with Crippen LogP contribution in [0.15, 0.2) is 103 Å². The molecule has 13 nitrogen and oxygen atoms in total. The number of amides is 2. The molecule has 0 saturated carbocycles. The summed E-state index contributed by atoms with van der Waals surface area (Å²) in [4.78, 5) is 42.0. The highest BCUT2D eigenvalue weighted by Gasteiger charge is 2.10. The summed E-state index contributed by atoms with van der Waals surface area (Å²) in [6.45, 7) is 1.86. The normalized spacial score (nSPS) is 10.5. The molecule has 3 aromatic carbocycles. The van der Waals surface area contributed by atoms with E-state index in [0.29, 0.717) is 61.3 Å². The molecule has 2 aromatic heterocycles. The van der Waals surface area contributed by atoms with Crippen molar-refractivity contribution in [1.29, 1.82) is 0 Å². The van der Waals surface area contributed by atoms with Gasteiger partial charge in [-0.2, -0.15) is 15.0 Å². The predicted molar refractivity (Wildman–Crippen MR) is 174 cm³/mol. The number of carbonyl (C=O) groups is 2. The molecule has 0 aliphatic carbocycles. The van der Waals surface area contributed by atoms with Crippen LogP contribution < -0.4 is 26.6 Å². The second-order valence-electron chi connectivity index (χ2n) is 9.88. The molecular weight excluding hydrogens is 586 g/mol. The Labute approximate surface area is 265 Å². The largest absolute Gasteiger partial charge is 0.508 e. The Morgan fingerprint density at radius 2 is 1.20 bits per heavy atom. The van der Waals surface area contributed by atoms with Crippen molar-refractivity contribution < 1.29 is 19.4 Å². The maximum Gasteiger partial charge on any atom is 0.251 e. The van der Waals surface area contributed by atoms with Gasteiger partial charge in [0.2, 0.25) is 17.8 Å². The van der Waals surface area contributed by atoms with E-state index in [1.54, 1.807) is 73.1 Å². The predicted octanol–water partition coefficient (Wildman–Crippen LogP) is 4.25. The van der Waals surface area contributed by atoms with Crippen molar-refractivity contribution in [3.8, 4) is 5.75 Å². The SMILES string of the molecule is O=C(NCCOCCNc1nc(Nc2ccc(O)cc2)nc(Nc2ccc(C(=O)NCc3ccccc3)cc2)n1)c1ccncc1. The van der Waals surface area contributed by atoms with Crippen LogP contribution in [-0.4, -0.2) is 63.2 Å². The molecule has 2 heterocycles. The van der Waals surface area contributed by atoms with Crippen LogP contribution in [0.4, 0.5) is 29.2 Å². The second-order valence-corrected chi connectivity index (χ2v) is 9.88. The van der Waals surface area contributed by atoms with Crippen LogP contribution >= 0.6 is 0 Å². The quantitative estimate of drug-likeness (QED) is 0.0730. The van der Waals surface area contributed by atoms with E-state index >= 15 is 0 Å². The number of carbonyl (C=O) groups excluding carboxylic acids is 2. The lowest BCUT2D eigenvalue weighted by molar-refractivity contribution is 0.0919. The van der Waals surface area contributed by atoms with Crippen LogP contribution in [0, 0.1) is 0 Å². The zero-order chi connectivity index (χ0) is 32.0. The summed E-state index contributed by atoms with van der Waals surface area (Å²) in [6.07, 6.45) is 3.13. The van der Waals surface area contributed by atoms with Gasteiger partial charge in [-0.15, -0.1) is 0 Å². The number of anilines is 5. The number of nitrogens with one attached hydrogen (secondary N) is 5. The van der Waals surface area contributed by atoms with Crippen molar-refractivity contribution in [2.75, 3.05) is 42.3 Å². The Balaban J connectivity index is 1.16. The van der Waals surface area contributed by atoms with Crippen molar-refractivity contribution >= 4 is 41.0 Å². The Hall–Kier alpha value is -6.08. The van der Waals surface area contributed by atoms with Gasteiger partial charge in [0.05, 0.1) is 13.2 Å². The van der Waals surface area contributed by atoms with Crippen molar-refractivity contribution in [3.05, 3.63) is 120 Å². The number of aromatic nitrogens is 4. The molecule has 0 aliphatic rings. The van der Waals surface area contributed by atoms with E-state index < -0.39 is 0 Å². The molecule has 5 aromatic rings. The highest BCUT2D eigenvalue weighted by atomic mass is 16.5. The highest BCUT2D eigenvalue weighted by Crippen LogP contribution is 2.21. The van der Waals surface area contributed by atoms with Gasteiger partial charge in [0.25, 0.3) is 11.8 Å². The van der Waals surface area contributed by atoms with Crippen LogP contribution in [-0.2, 0) is 11.3 Å². The zero-order valence-corrected chi connectivity index (χ0v) is 24.8. The van der Waals surface area contributed by atoms with Crippen molar-refractivity contribution in [2.24, 2.45) is 0 Å². The number of rotatable bonds is 15. The third-order valence-electron chi connectivity index (χ3n) is 6.46. The molecule has 0 unspecified atom stereocenters. The first-order valence-electron chi connectivity index (χ1n) is 14.5. The number of nitrogens with zero attached hydrogens (tertiary/aromatic N) is 4. The molecule has 0 bridgehead atoms. The van der Waals surface area contributed by atoms with Gasteiger partial charge in [-0.3, -0.25) is 14.6 Å². The van der Waals surface area contributed by atoms with Crippen molar-refractivity contribution in [3.63, 3.8) is 0 Å². The van der Waals surface area contributed by atoms with Gasteiger partial charge in [-0.05, 0) is 66.2 Å². The van der Waals surface area contributed by atoms with Crippen LogP contribution in [0.5, 0.6) is 5.75 Å². The summed E-state index contributed by atoms with van der Waals surface area (Å²) in [7, 11) is 0. The van der Waals surface area contributed by atoms with E-state index in [4.69, 9.17) is 4.74 Å². The molecule has 0 aliphatic heterocycles. The molecule has 6 N–H and O–H groups in total. The average Bonchev–Trinajstić information content (AvgIpc) is 3.09. The second kappa shape index (κ2) is 16.1. The molecule has 46 heavy (non-hydrogen) atoms. The number of phenols is 1. The summed E-state index contributed by atoms with van der Waals surface area (Å²) in [5, 5.41) is 24.7. The number of pyridine rings is 1. The van der Waals surface area contributed by atoms with Crippen molar-refractivity contribution in [2.45, 2.75) is 6.54 Å². The summed E-state index contributed by atoms with van der Waals surface area (Å²) < 4.78 is 5.63. The topological polar surface area (TPSA) is 175 Å². The average molecular weight is 620 g/mol. The molecule has 0 spiro atoms. The van der Waals surface area contributed by atoms with Gasteiger partial charge >= 0.3 is 0 Å². The number of aromatic hydroxyl groups is 1. The first-order valence-corrected chi connectivity index (χ1v) is 14.5. The summed E-state index contributed by atoms with van der Waals surface area (Å²) in [5.74, 6) is 0.595. The molecule has 0 radical (unpaired) electrons. The third kappa shape index (κ3) is 9.72. The molecule has 0 saturated heterocycles. The number of hydrogen-bond donors (Lipinski definition) is 6. The number of hydrogen-bond acceptors (Lipinski definition) is 11. The Kier molecular flexibility index (Phi) is 11.0. The lowest BCUT2D eigenvalue weighted by Gasteiger charge is -2.12.